The summed E-state index contributed by atoms with van der Waals surface area (Å²) in [7, 11) is 0. The highest BCUT2D eigenvalue weighted by molar-refractivity contribution is 6.09. The molecule has 3 aliphatic rings. The van der Waals surface area contributed by atoms with Crippen LogP contribution >= 0.6 is 0 Å². The summed E-state index contributed by atoms with van der Waals surface area (Å²) < 4.78 is 0. The molecule has 7 nitrogen and oxygen atoms in total. The summed E-state index contributed by atoms with van der Waals surface area (Å²) in [6.45, 7) is 7.10. The Morgan fingerprint density at radius 2 is 1.96 bits per heavy atom. The molecule has 2 aliphatic heterocycles. The van der Waals surface area contributed by atoms with Gasteiger partial charge in [-0.1, -0.05) is 26.7 Å². The van der Waals surface area contributed by atoms with Crippen LogP contribution in [0.4, 0.5) is 4.79 Å². The van der Waals surface area contributed by atoms with Crippen molar-refractivity contribution in [1.82, 2.24) is 20.4 Å². The van der Waals surface area contributed by atoms with Crippen LogP contribution in [0.5, 0.6) is 0 Å². The molecule has 0 aromatic carbocycles. The van der Waals surface area contributed by atoms with Crippen LogP contribution in [0.25, 0.3) is 0 Å². The minimum atomic E-state index is -0.791. The van der Waals surface area contributed by atoms with Crippen LogP contribution in [0.3, 0.4) is 0 Å². The van der Waals surface area contributed by atoms with Gasteiger partial charge in [-0.3, -0.25) is 14.5 Å². The van der Waals surface area contributed by atoms with E-state index in [9.17, 15) is 14.4 Å². The highest BCUT2D eigenvalue weighted by atomic mass is 16.2. The fourth-order valence-electron chi connectivity index (χ4n) is 4.67. The van der Waals surface area contributed by atoms with Gasteiger partial charge in [-0.25, -0.2) is 4.79 Å². The first-order chi connectivity index (χ1) is 12.5. The van der Waals surface area contributed by atoms with Crippen molar-refractivity contribution in [3.05, 3.63) is 0 Å². The number of urea groups is 1. The summed E-state index contributed by atoms with van der Waals surface area (Å²) in [4.78, 5) is 41.2. The van der Waals surface area contributed by atoms with Crippen LogP contribution in [0.2, 0.25) is 0 Å². The number of piperidine rings is 1. The van der Waals surface area contributed by atoms with E-state index in [1.165, 1.54) is 0 Å². The maximum atomic E-state index is 12.9. The highest BCUT2D eigenvalue weighted by Gasteiger charge is 2.55. The third-order valence-electron chi connectivity index (χ3n) is 6.30. The number of carbonyl (C=O) groups is 3. The summed E-state index contributed by atoms with van der Waals surface area (Å²) in [5.41, 5.74) is -0.791. The predicted molar refractivity (Wildman–Crippen MR) is 98.5 cm³/mol. The van der Waals surface area contributed by atoms with E-state index >= 15 is 0 Å². The molecule has 0 aromatic rings. The van der Waals surface area contributed by atoms with Crippen molar-refractivity contribution in [2.45, 2.75) is 70.4 Å². The zero-order chi connectivity index (χ0) is 18.7. The third-order valence-corrected chi connectivity index (χ3v) is 6.30. The highest BCUT2D eigenvalue weighted by Crippen LogP contribution is 2.38. The Balaban J connectivity index is 1.53. The number of hydrogen-bond donors (Lipinski definition) is 2. The van der Waals surface area contributed by atoms with Crippen molar-refractivity contribution in [2.24, 2.45) is 5.92 Å². The number of rotatable bonds is 5. The van der Waals surface area contributed by atoms with Crippen LogP contribution in [0.1, 0.15) is 58.8 Å². The van der Waals surface area contributed by atoms with Gasteiger partial charge in [0.1, 0.15) is 12.1 Å². The van der Waals surface area contributed by atoms with Crippen LogP contribution in [-0.2, 0) is 9.59 Å². The maximum absolute atomic E-state index is 12.9. The SMILES string of the molecule is CCCN1CCC(NC(=O)CN2C(=O)NC3(CCCCC3C)C2=O)CC1. The first-order valence-corrected chi connectivity index (χ1v) is 10.1. The number of nitrogens with one attached hydrogen (secondary N) is 2. The normalized spacial score (nSPS) is 30.7. The number of amides is 4. The second-order valence-electron chi connectivity index (χ2n) is 8.12. The average Bonchev–Trinajstić information content (AvgIpc) is 2.85. The van der Waals surface area contributed by atoms with E-state index in [0.29, 0.717) is 6.42 Å². The Morgan fingerprint density at radius 3 is 2.62 bits per heavy atom. The molecule has 2 atom stereocenters. The number of nitrogens with zero attached hydrogens (tertiary/aromatic N) is 2. The minimum absolute atomic E-state index is 0.114. The minimum Gasteiger partial charge on any atom is -0.352 e. The molecule has 1 aliphatic carbocycles. The second-order valence-corrected chi connectivity index (χ2v) is 8.12. The molecule has 3 rings (SSSR count). The lowest BCUT2D eigenvalue weighted by Crippen LogP contribution is -2.54. The fraction of sp³-hybridized carbons (Fsp3) is 0.842. The van der Waals surface area contributed by atoms with Gasteiger partial charge < -0.3 is 15.5 Å². The lowest BCUT2D eigenvalue weighted by molar-refractivity contribution is -0.137. The smallest absolute Gasteiger partial charge is 0.325 e. The van der Waals surface area contributed by atoms with Crippen molar-refractivity contribution in [3.8, 4) is 0 Å². The molecule has 26 heavy (non-hydrogen) atoms. The van der Waals surface area contributed by atoms with E-state index in [2.05, 4.69) is 22.5 Å². The molecular weight excluding hydrogens is 332 g/mol. The molecule has 146 valence electrons. The van der Waals surface area contributed by atoms with Crippen LogP contribution in [0.15, 0.2) is 0 Å². The van der Waals surface area contributed by atoms with Gasteiger partial charge in [0.05, 0.1) is 0 Å². The van der Waals surface area contributed by atoms with Crippen molar-refractivity contribution in [1.29, 1.82) is 0 Å². The molecule has 7 heteroatoms. The van der Waals surface area contributed by atoms with Crippen LogP contribution < -0.4 is 10.6 Å². The lowest BCUT2D eigenvalue weighted by Gasteiger charge is -2.36. The van der Waals surface area contributed by atoms with Gasteiger partial charge in [-0.15, -0.1) is 0 Å². The first-order valence-electron chi connectivity index (χ1n) is 10.1. The second kappa shape index (κ2) is 7.94. The van der Waals surface area contributed by atoms with Gasteiger partial charge >= 0.3 is 6.03 Å². The molecule has 2 heterocycles. The predicted octanol–water partition coefficient (Wildman–Crippen LogP) is 1.48. The summed E-state index contributed by atoms with van der Waals surface area (Å²) in [5.74, 6) is -0.339. The van der Waals surface area contributed by atoms with Gasteiger partial charge in [0.2, 0.25) is 5.91 Å². The Hall–Kier alpha value is -1.63. The molecule has 0 aromatic heterocycles. The first kappa shape index (κ1) is 19.1. The zero-order valence-electron chi connectivity index (χ0n) is 16.1. The van der Waals surface area contributed by atoms with Gasteiger partial charge in [0.25, 0.3) is 5.91 Å². The monoisotopic (exact) mass is 364 g/mol. The Kier molecular flexibility index (Phi) is 5.85. The molecule has 2 unspecified atom stereocenters. The standard InChI is InChI=1S/C19H32N4O3/c1-3-10-22-11-7-15(8-12-22)20-16(24)13-23-17(25)19(21-18(23)26)9-5-4-6-14(19)2/h14-15H,3-13H2,1-2H3,(H,20,24)(H,21,26). The molecule has 4 amide bonds. The lowest BCUT2D eigenvalue weighted by atomic mass is 9.73. The zero-order valence-corrected chi connectivity index (χ0v) is 16.1. The van der Waals surface area contributed by atoms with Crippen molar-refractivity contribution in [3.63, 3.8) is 0 Å². The number of likely N-dealkylation sites (tertiary alicyclic amines) is 1. The van der Waals surface area contributed by atoms with Gasteiger partial charge in [0, 0.05) is 19.1 Å². The fourth-order valence-corrected chi connectivity index (χ4v) is 4.67. The number of carbonyl (C=O) groups excluding carboxylic acids is 3. The summed E-state index contributed by atoms with van der Waals surface area (Å²) >= 11 is 0. The van der Waals surface area contributed by atoms with Crippen molar-refractivity contribution >= 4 is 17.8 Å². The van der Waals surface area contributed by atoms with Crippen LogP contribution in [0, 0.1) is 5.92 Å². The van der Waals surface area contributed by atoms with Crippen molar-refractivity contribution in [2.75, 3.05) is 26.2 Å². The summed E-state index contributed by atoms with van der Waals surface area (Å²) in [6.07, 6.45) is 6.62. The molecule has 3 fully saturated rings. The number of imide groups is 1. The quantitative estimate of drug-likeness (QED) is 0.724. The largest absolute Gasteiger partial charge is 0.352 e. The molecule has 2 N–H and O–H groups in total. The topological polar surface area (TPSA) is 81.8 Å². The molecule has 0 bridgehead atoms. The van der Waals surface area contributed by atoms with E-state index in [1.54, 1.807) is 0 Å². The summed E-state index contributed by atoms with van der Waals surface area (Å²) in [6, 6.07) is -0.282. The maximum Gasteiger partial charge on any atom is 0.325 e. The van der Waals surface area contributed by atoms with Gasteiger partial charge in [-0.2, -0.15) is 0 Å². The Bertz CT molecular complexity index is 559. The van der Waals surface area contributed by atoms with E-state index in [0.717, 1.165) is 63.1 Å². The van der Waals surface area contributed by atoms with Gasteiger partial charge in [-0.05, 0) is 44.6 Å². The summed E-state index contributed by atoms with van der Waals surface area (Å²) in [5, 5.41) is 5.91. The Labute approximate surface area is 155 Å². The molecule has 2 saturated heterocycles. The van der Waals surface area contributed by atoms with E-state index in [1.807, 2.05) is 6.92 Å². The number of hydrogen-bond acceptors (Lipinski definition) is 4. The van der Waals surface area contributed by atoms with Crippen molar-refractivity contribution < 1.29 is 14.4 Å². The Morgan fingerprint density at radius 1 is 1.23 bits per heavy atom. The van der Waals surface area contributed by atoms with E-state index in [4.69, 9.17) is 0 Å². The van der Waals surface area contributed by atoms with Crippen LogP contribution in [-0.4, -0.2) is 65.4 Å². The average molecular weight is 364 g/mol. The van der Waals surface area contributed by atoms with E-state index < -0.39 is 11.6 Å². The van der Waals surface area contributed by atoms with Gasteiger partial charge in [0.15, 0.2) is 0 Å². The molecule has 0 radical (unpaired) electrons. The molecule has 1 spiro atoms. The molecular formula is C19H32N4O3. The van der Waals surface area contributed by atoms with E-state index in [-0.39, 0.29) is 30.3 Å². The molecule has 1 saturated carbocycles. The third kappa shape index (κ3) is 3.72.